The molecule has 5 nitrogen and oxygen atoms in total. The third-order valence-electron chi connectivity index (χ3n) is 2.12. The van der Waals surface area contributed by atoms with Crippen molar-refractivity contribution >= 4 is 22.4 Å². The van der Waals surface area contributed by atoms with Crippen LogP contribution in [0.2, 0.25) is 0 Å². The van der Waals surface area contributed by atoms with Crippen LogP contribution in [0.5, 0.6) is 5.75 Å². The summed E-state index contributed by atoms with van der Waals surface area (Å²) < 4.78 is 16.7. The van der Waals surface area contributed by atoms with Crippen molar-refractivity contribution in [3.05, 3.63) is 24.3 Å². The van der Waals surface area contributed by atoms with Gasteiger partial charge in [-0.2, -0.15) is 0 Å². The second-order valence-corrected chi connectivity index (χ2v) is 5.48. The average Bonchev–Trinajstić information content (AvgIpc) is 2.28. The van der Waals surface area contributed by atoms with Gasteiger partial charge in [0.25, 0.3) is 0 Å². The zero-order valence-corrected chi connectivity index (χ0v) is 11.3. The van der Waals surface area contributed by atoms with E-state index in [1.807, 2.05) is 6.07 Å². The zero-order chi connectivity index (χ0) is 13.5. The maximum Gasteiger partial charge on any atom is 0.237 e. The molecule has 3 N–H and O–H groups in total. The van der Waals surface area contributed by atoms with E-state index in [1.165, 1.54) is 7.11 Å². The second-order valence-electron chi connectivity index (χ2n) is 3.98. The van der Waals surface area contributed by atoms with Gasteiger partial charge in [-0.3, -0.25) is 9.00 Å². The summed E-state index contributed by atoms with van der Waals surface area (Å²) in [5.74, 6) is 0.529. The molecule has 18 heavy (non-hydrogen) atoms. The first-order chi connectivity index (χ1) is 8.52. The number of methoxy groups -OCH3 is 1. The van der Waals surface area contributed by atoms with E-state index >= 15 is 0 Å². The van der Waals surface area contributed by atoms with E-state index in [-0.39, 0.29) is 17.7 Å². The molecule has 0 saturated carbocycles. The first-order valence-corrected chi connectivity index (χ1v) is 7.05. The number of nitrogens with two attached hydrogens (primary N) is 1. The van der Waals surface area contributed by atoms with Crippen LogP contribution in [0.1, 0.15) is 6.92 Å². The van der Waals surface area contributed by atoms with Gasteiger partial charge in [-0.05, 0) is 19.1 Å². The minimum absolute atomic E-state index is 0.0560. The maximum atomic E-state index is 11.7. The second kappa shape index (κ2) is 7.13. The highest BCUT2D eigenvalue weighted by Crippen LogP contribution is 2.22. The van der Waals surface area contributed by atoms with Crippen molar-refractivity contribution in [3.8, 4) is 5.75 Å². The number of hydrogen-bond donors (Lipinski definition) is 2. The van der Waals surface area contributed by atoms with Crippen molar-refractivity contribution in [2.75, 3.05) is 23.9 Å². The number of para-hydroxylation sites is 2. The Morgan fingerprint density at radius 1 is 1.50 bits per heavy atom. The third-order valence-corrected chi connectivity index (χ3v) is 3.60. The Kier molecular flexibility index (Phi) is 5.80. The van der Waals surface area contributed by atoms with Gasteiger partial charge in [-0.1, -0.05) is 12.1 Å². The molecule has 0 spiro atoms. The lowest BCUT2D eigenvalue weighted by Gasteiger charge is -2.10. The molecule has 0 heterocycles. The smallest absolute Gasteiger partial charge is 0.237 e. The molecule has 0 aliphatic carbocycles. The van der Waals surface area contributed by atoms with Crippen molar-refractivity contribution < 1.29 is 13.7 Å². The molecule has 1 rings (SSSR count). The fourth-order valence-corrected chi connectivity index (χ4v) is 2.50. The van der Waals surface area contributed by atoms with Crippen LogP contribution in [0.15, 0.2) is 24.3 Å². The number of benzene rings is 1. The number of nitrogens with one attached hydrogen (secondary N) is 1. The number of carbonyl (C=O) groups excluding carboxylic acids is 1. The number of rotatable bonds is 6. The summed E-state index contributed by atoms with van der Waals surface area (Å²) in [6, 6.07) is 6.89. The lowest BCUT2D eigenvalue weighted by molar-refractivity contribution is -0.113. The molecule has 1 amide bonds. The lowest BCUT2D eigenvalue weighted by atomic mass is 10.3. The Labute approximate surface area is 109 Å². The molecule has 100 valence electrons. The minimum atomic E-state index is -1.24. The molecule has 0 aromatic heterocycles. The first-order valence-electron chi connectivity index (χ1n) is 5.56. The third kappa shape index (κ3) is 4.85. The molecule has 2 atom stereocenters. The number of amides is 1. The zero-order valence-electron chi connectivity index (χ0n) is 10.5. The Hall–Kier alpha value is -1.40. The number of ether oxygens (including phenoxy) is 1. The van der Waals surface area contributed by atoms with Crippen LogP contribution in [0.25, 0.3) is 0 Å². The number of hydrogen-bond acceptors (Lipinski definition) is 4. The van der Waals surface area contributed by atoms with E-state index in [0.29, 0.717) is 17.2 Å². The predicted octanol–water partition coefficient (Wildman–Crippen LogP) is 0.730. The van der Waals surface area contributed by atoms with E-state index in [1.54, 1.807) is 25.1 Å². The van der Waals surface area contributed by atoms with Gasteiger partial charge in [0.1, 0.15) is 11.5 Å². The normalized spacial score (nSPS) is 13.7. The predicted molar refractivity (Wildman–Crippen MR) is 73.1 cm³/mol. The van der Waals surface area contributed by atoms with Crippen LogP contribution < -0.4 is 15.8 Å². The van der Waals surface area contributed by atoms with Crippen LogP contribution in [0.3, 0.4) is 0 Å². The molecule has 2 unspecified atom stereocenters. The Morgan fingerprint density at radius 3 is 2.78 bits per heavy atom. The molecule has 1 aromatic rings. The van der Waals surface area contributed by atoms with Crippen molar-refractivity contribution in [3.63, 3.8) is 0 Å². The van der Waals surface area contributed by atoms with Crippen molar-refractivity contribution in [1.29, 1.82) is 0 Å². The highest BCUT2D eigenvalue weighted by atomic mass is 32.2. The molecule has 0 aliphatic heterocycles. The summed E-state index contributed by atoms with van der Waals surface area (Å²) in [5, 5.41) is 2.67. The molecular weight excluding hydrogens is 252 g/mol. The van der Waals surface area contributed by atoms with Crippen LogP contribution in [-0.4, -0.2) is 34.8 Å². The van der Waals surface area contributed by atoms with E-state index in [0.717, 1.165) is 0 Å². The molecule has 1 aromatic carbocycles. The largest absolute Gasteiger partial charge is 0.495 e. The molecule has 0 saturated heterocycles. The van der Waals surface area contributed by atoms with Crippen molar-refractivity contribution in [1.82, 2.24) is 0 Å². The van der Waals surface area contributed by atoms with Gasteiger partial charge < -0.3 is 15.8 Å². The summed E-state index contributed by atoms with van der Waals surface area (Å²) in [5.41, 5.74) is 6.09. The van der Waals surface area contributed by atoms with Crippen LogP contribution >= 0.6 is 0 Å². The van der Waals surface area contributed by atoms with Crippen LogP contribution in [0.4, 0.5) is 5.69 Å². The number of carbonyl (C=O) groups is 1. The Bertz CT molecular complexity index is 435. The Balaban J connectivity index is 2.57. The SMILES string of the molecule is COc1ccccc1NC(=O)CS(=O)CC(C)N. The fourth-order valence-electron chi connectivity index (χ4n) is 1.43. The van der Waals surface area contributed by atoms with Gasteiger partial charge in [0.2, 0.25) is 5.91 Å². The monoisotopic (exact) mass is 270 g/mol. The van der Waals surface area contributed by atoms with E-state index in [2.05, 4.69) is 5.32 Å². The average molecular weight is 270 g/mol. The highest BCUT2D eigenvalue weighted by molar-refractivity contribution is 7.85. The summed E-state index contributed by atoms with van der Waals surface area (Å²) in [7, 11) is 0.287. The first kappa shape index (κ1) is 14.7. The van der Waals surface area contributed by atoms with Gasteiger partial charge >= 0.3 is 0 Å². The van der Waals surface area contributed by atoms with Crippen molar-refractivity contribution in [2.45, 2.75) is 13.0 Å². The van der Waals surface area contributed by atoms with Gasteiger partial charge in [-0.15, -0.1) is 0 Å². The molecule has 0 aliphatic rings. The van der Waals surface area contributed by atoms with E-state index in [9.17, 15) is 9.00 Å². The van der Waals surface area contributed by atoms with Crippen LogP contribution in [0, 0.1) is 0 Å². The molecule has 0 bridgehead atoms. The van der Waals surface area contributed by atoms with E-state index < -0.39 is 10.8 Å². The van der Waals surface area contributed by atoms with Gasteiger partial charge in [0, 0.05) is 22.6 Å². The summed E-state index contributed by atoms with van der Waals surface area (Å²) in [6.07, 6.45) is 0. The summed E-state index contributed by atoms with van der Waals surface area (Å²) >= 11 is 0. The Morgan fingerprint density at radius 2 is 2.17 bits per heavy atom. The highest BCUT2D eigenvalue weighted by Gasteiger charge is 2.11. The quantitative estimate of drug-likeness (QED) is 0.798. The van der Waals surface area contributed by atoms with E-state index in [4.69, 9.17) is 10.5 Å². The van der Waals surface area contributed by atoms with Gasteiger partial charge in [0.05, 0.1) is 12.8 Å². The van der Waals surface area contributed by atoms with Gasteiger partial charge in [-0.25, -0.2) is 0 Å². The molecule has 0 fully saturated rings. The lowest BCUT2D eigenvalue weighted by Crippen LogP contribution is -2.28. The molecule has 6 heteroatoms. The van der Waals surface area contributed by atoms with Crippen LogP contribution in [-0.2, 0) is 15.6 Å². The molecule has 0 radical (unpaired) electrons. The summed E-state index contributed by atoms with van der Waals surface area (Å²) in [4.78, 5) is 11.7. The number of anilines is 1. The fraction of sp³-hybridized carbons (Fsp3) is 0.417. The topological polar surface area (TPSA) is 81.4 Å². The molecular formula is C12H18N2O3S. The van der Waals surface area contributed by atoms with Gasteiger partial charge in [0.15, 0.2) is 0 Å². The standard InChI is InChI=1S/C12H18N2O3S/c1-9(13)7-18(16)8-12(15)14-10-5-3-4-6-11(10)17-2/h3-6,9H,7-8,13H2,1-2H3,(H,14,15). The minimum Gasteiger partial charge on any atom is -0.495 e. The maximum absolute atomic E-state index is 11.7. The summed E-state index contributed by atoms with van der Waals surface area (Å²) in [6.45, 7) is 1.76. The van der Waals surface area contributed by atoms with Crippen molar-refractivity contribution in [2.24, 2.45) is 5.73 Å².